The molecule has 0 saturated carbocycles. The van der Waals surface area contributed by atoms with Crippen LogP contribution in [0.4, 0.5) is 5.00 Å². The zero-order valence-electron chi connectivity index (χ0n) is 6.90. The number of hydrogen-bond acceptors (Lipinski definition) is 3. The Morgan fingerprint density at radius 1 is 1.15 bits per heavy atom. The molecule has 0 spiro atoms. The Balaban J connectivity index is 2.46. The van der Waals surface area contributed by atoms with E-state index in [0.29, 0.717) is 0 Å². The Morgan fingerprint density at radius 3 is 2.62 bits per heavy atom. The highest BCUT2D eigenvalue weighted by molar-refractivity contribution is 7.19. The van der Waals surface area contributed by atoms with Crippen molar-refractivity contribution in [3.63, 3.8) is 0 Å². The van der Waals surface area contributed by atoms with Gasteiger partial charge >= 0.3 is 0 Å². The van der Waals surface area contributed by atoms with Gasteiger partial charge in [0.15, 0.2) is 0 Å². The number of nitrogens with two attached hydrogens (primary N) is 1. The van der Waals surface area contributed by atoms with Crippen molar-refractivity contribution in [1.82, 2.24) is 0 Å². The number of aromatic hydroxyl groups is 1. The van der Waals surface area contributed by atoms with E-state index in [1.54, 1.807) is 12.1 Å². The van der Waals surface area contributed by atoms with Crippen LogP contribution in [-0.2, 0) is 0 Å². The van der Waals surface area contributed by atoms with E-state index in [1.165, 1.54) is 11.3 Å². The molecule has 0 amide bonds. The van der Waals surface area contributed by atoms with Gasteiger partial charge in [0.25, 0.3) is 0 Å². The number of hydrogen-bond donors (Lipinski definition) is 2. The molecule has 0 fully saturated rings. The van der Waals surface area contributed by atoms with Gasteiger partial charge in [0, 0.05) is 4.88 Å². The third-order valence-corrected chi connectivity index (χ3v) is 2.72. The molecule has 66 valence electrons. The fraction of sp³-hybridized carbons (Fsp3) is 0. The summed E-state index contributed by atoms with van der Waals surface area (Å²) in [6.45, 7) is 0. The van der Waals surface area contributed by atoms with Crippen LogP contribution >= 0.6 is 11.3 Å². The summed E-state index contributed by atoms with van der Waals surface area (Å²) in [6, 6.07) is 11.0. The largest absolute Gasteiger partial charge is 0.508 e. The molecular weight excluding hydrogens is 182 g/mol. The summed E-state index contributed by atoms with van der Waals surface area (Å²) in [5, 5.41) is 10.0. The molecule has 1 aromatic heterocycles. The maximum absolute atomic E-state index is 9.25. The summed E-state index contributed by atoms with van der Waals surface area (Å²) in [5.41, 5.74) is 6.61. The van der Waals surface area contributed by atoms with Crippen LogP contribution in [0.2, 0.25) is 0 Å². The third kappa shape index (κ3) is 1.65. The molecule has 13 heavy (non-hydrogen) atoms. The molecule has 0 aliphatic heterocycles. The van der Waals surface area contributed by atoms with Crippen molar-refractivity contribution in [2.24, 2.45) is 0 Å². The summed E-state index contributed by atoms with van der Waals surface area (Å²) in [7, 11) is 0. The van der Waals surface area contributed by atoms with Crippen molar-refractivity contribution in [2.45, 2.75) is 0 Å². The molecule has 2 nitrogen and oxygen atoms in total. The summed E-state index contributed by atoms with van der Waals surface area (Å²) in [6.07, 6.45) is 0. The molecule has 3 heteroatoms. The first kappa shape index (κ1) is 8.13. The Bertz CT molecular complexity index is 422. The van der Waals surface area contributed by atoms with E-state index in [0.717, 1.165) is 15.4 Å². The van der Waals surface area contributed by atoms with Crippen molar-refractivity contribution in [3.05, 3.63) is 36.4 Å². The van der Waals surface area contributed by atoms with Gasteiger partial charge in [-0.3, -0.25) is 0 Å². The van der Waals surface area contributed by atoms with Crippen LogP contribution in [0.3, 0.4) is 0 Å². The first-order valence-electron chi connectivity index (χ1n) is 3.90. The van der Waals surface area contributed by atoms with Crippen molar-refractivity contribution < 1.29 is 5.11 Å². The Labute approximate surface area is 80.3 Å². The number of phenolic OH excluding ortho intramolecular Hbond substituents is 1. The fourth-order valence-corrected chi connectivity index (χ4v) is 1.94. The van der Waals surface area contributed by atoms with Gasteiger partial charge in [-0.15, -0.1) is 11.3 Å². The number of benzene rings is 1. The van der Waals surface area contributed by atoms with Gasteiger partial charge < -0.3 is 10.8 Å². The van der Waals surface area contributed by atoms with Gasteiger partial charge in [-0.25, -0.2) is 0 Å². The Kier molecular flexibility index (Phi) is 1.94. The predicted octanol–water partition coefficient (Wildman–Crippen LogP) is 2.70. The van der Waals surface area contributed by atoms with Gasteiger partial charge in [-0.1, -0.05) is 12.1 Å². The minimum absolute atomic E-state index is 0.282. The molecule has 0 unspecified atom stereocenters. The quantitative estimate of drug-likeness (QED) is 0.728. The highest BCUT2D eigenvalue weighted by atomic mass is 32.1. The second kappa shape index (κ2) is 3.11. The zero-order chi connectivity index (χ0) is 9.26. The summed E-state index contributed by atoms with van der Waals surface area (Å²) < 4.78 is 0. The van der Waals surface area contributed by atoms with Gasteiger partial charge in [0.2, 0.25) is 0 Å². The second-order valence-electron chi connectivity index (χ2n) is 2.75. The summed E-state index contributed by atoms with van der Waals surface area (Å²) in [5.74, 6) is 0.282. The number of nitrogen functional groups attached to an aromatic ring is 1. The van der Waals surface area contributed by atoms with Gasteiger partial charge in [0.05, 0.1) is 5.00 Å². The lowest BCUT2D eigenvalue weighted by molar-refractivity contribution is 0.475. The molecule has 1 heterocycles. The standard InChI is InChI=1S/C10H9NOS/c11-10-5-4-9(13-10)7-2-1-3-8(12)6-7/h1-6,12H,11H2. The fourth-order valence-electron chi connectivity index (χ4n) is 1.17. The van der Waals surface area contributed by atoms with Crippen LogP contribution < -0.4 is 5.73 Å². The maximum Gasteiger partial charge on any atom is 0.116 e. The normalized spacial score (nSPS) is 10.2. The van der Waals surface area contributed by atoms with Crippen LogP contribution in [0.1, 0.15) is 0 Å². The van der Waals surface area contributed by atoms with Crippen molar-refractivity contribution in [3.8, 4) is 16.2 Å². The van der Waals surface area contributed by atoms with Crippen LogP contribution in [0, 0.1) is 0 Å². The van der Waals surface area contributed by atoms with E-state index in [9.17, 15) is 5.11 Å². The average Bonchev–Trinajstić information content (AvgIpc) is 2.52. The SMILES string of the molecule is Nc1ccc(-c2cccc(O)c2)s1. The van der Waals surface area contributed by atoms with Crippen molar-refractivity contribution in [1.29, 1.82) is 0 Å². The molecule has 2 aromatic rings. The molecule has 0 atom stereocenters. The minimum atomic E-state index is 0.282. The first-order chi connectivity index (χ1) is 6.25. The number of phenols is 1. The van der Waals surface area contributed by atoms with Crippen LogP contribution in [-0.4, -0.2) is 5.11 Å². The lowest BCUT2D eigenvalue weighted by Crippen LogP contribution is -1.73. The Morgan fingerprint density at radius 2 is 2.00 bits per heavy atom. The van der Waals surface area contributed by atoms with E-state index >= 15 is 0 Å². The predicted molar refractivity (Wildman–Crippen MR) is 55.8 cm³/mol. The molecule has 2 rings (SSSR count). The highest BCUT2D eigenvalue weighted by Gasteiger charge is 2.00. The van der Waals surface area contributed by atoms with E-state index in [2.05, 4.69) is 0 Å². The number of anilines is 1. The molecule has 1 aromatic carbocycles. The zero-order valence-corrected chi connectivity index (χ0v) is 7.71. The lowest BCUT2D eigenvalue weighted by atomic mass is 10.2. The maximum atomic E-state index is 9.25. The third-order valence-electron chi connectivity index (χ3n) is 1.76. The number of rotatable bonds is 1. The van der Waals surface area contributed by atoms with Crippen LogP contribution in [0.5, 0.6) is 5.75 Å². The number of thiophene rings is 1. The van der Waals surface area contributed by atoms with Gasteiger partial charge in [-0.05, 0) is 29.8 Å². The molecule has 0 radical (unpaired) electrons. The van der Waals surface area contributed by atoms with Crippen molar-refractivity contribution in [2.75, 3.05) is 5.73 Å². The van der Waals surface area contributed by atoms with E-state index < -0.39 is 0 Å². The summed E-state index contributed by atoms with van der Waals surface area (Å²) in [4.78, 5) is 1.08. The molecule has 0 aliphatic carbocycles. The molecule has 0 aliphatic rings. The van der Waals surface area contributed by atoms with Gasteiger partial charge in [0.1, 0.15) is 5.75 Å². The lowest BCUT2D eigenvalue weighted by Gasteiger charge is -1.96. The highest BCUT2D eigenvalue weighted by Crippen LogP contribution is 2.30. The molecular formula is C10H9NOS. The molecule has 3 N–H and O–H groups in total. The second-order valence-corrected chi connectivity index (χ2v) is 3.87. The smallest absolute Gasteiger partial charge is 0.116 e. The Hall–Kier alpha value is -1.48. The monoisotopic (exact) mass is 191 g/mol. The molecule has 0 saturated heterocycles. The van der Waals surface area contributed by atoms with Gasteiger partial charge in [-0.2, -0.15) is 0 Å². The topological polar surface area (TPSA) is 46.2 Å². The van der Waals surface area contributed by atoms with Crippen LogP contribution in [0.25, 0.3) is 10.4 Å². The van der Waals surface area contributed by atoms with E-state index in [4.69, 9.17) is 5.73 Å². The minimum Gasteiger partial charge on any atom is -0.508 e. The average molecular weight is 191 g/mol. The molecule has 0 bridgehead atoms. The summed E-state index contributed by atoms with van der Waals surface area (Å²) >= 11 is 1.52. The van der Waals surface area contributed by atoms with Crippen molar-refractivity contribution >= 4 is 16.3 Å². The van der Waals surface area contributed by atoms with Crippen LogP contribution in [0.15, 0.2) is 36.4 Å². The first-order valence-corrected chi connectivity index (χ1v) is 4.72. The van der Waals surface area contributed by atoms with E-state index in [1.807, 2.05) is 24.3 Å². The van der Waals surface area contributed by atoms with E-state index in [-0.39, 0.29) is 5.75 Å².